The SMILES string of the molecule is Cc1cc(C(=O)NCc2cccc3[nH]ccc23)sc1C(=O)O. The molecule has 0 saturated heterocycles. The number of carbonyl (C=O) groups excluding carboxylic acids is 1. The molecule has 6 heteroatoms. The van der Waals surface area contributed by atoms with Gasteiger partial charge in [0.2, 0.25) is 0 Å². The monoisotopic (exact) mass is 314 g/mol. The van der Waals surface area contributed by atoms with Crippen molar-refractivity contribution in [2.45, 2.75) is 13.5 Å². The fraction of sp³-hybridized carbons (Fsp3) is 0.125. The number of carbonyl (C=O) groups is 2. The van der Waals surface area contributed by atoms with Gasteiger partial charge in [-0.25, -0.2) is 4.79 Å². The van der Waals surface area contributed by atoms with E-state index in [1.54, 1.807) is 13.0 Å². The van der Waals surface area contributed by atoms with Gasteiger partial charge in [0.1, 0.15) is 4.88 Å². The molecule has 3 N–H and O–H groups in total. The van der Waals surface area contributed by atoms with Crippen molar-refractivity contribution < 1.29 is 14.7 Å². The lowest BCUT2D eigenvalue weighted by molar-refractivity contribution is 0.0701. The summed E-state index contributed by atoms with van der Waals surface area (Å²) in [5.74, 6) is -1.26. The normalized spacial score (nSPS) is 10.8. The molecule has 0 fully saturated rings. The molecule has 1 aromatic carbocycles. The number of aromatic carboxylic acids is 1. The number of carboxylic acid groups (broad SMARTS) is 1. The lowest BCUT2D eigenvalue weighted by atomic mass is 10.1. The van der Waals surface area contributed by atoms with Gasteiger partial charge in [-0.15, -0.1) is 11.3 Å². The van der Waals surface area contributed by atoms with Crippen LogP contribution >= 0.6 is 11.3 Å². The van der Waals surface area contributed by atoms with Crippen LogP contribution in [0.1, 0.15) is 30.5 Å². The number of amides is 1. The van der Waals surface area contributed by atoms with Crippen LogP contribution in [0.2, 0.25) is 0 Å². The lowest BCUT2D eigenvalue weighted by Crippen LogP contribution is -2.21. The van der Waals surface area contributed by atoms with Crippen molar-refractivity contribution in [3.63, 3.8) is 0 Å². The molecule has 1 amide bonds. The molecule has 0 aliphatic carbocycles. The van der Waals surface area contributed by atoms with Gasteiger partial charge in [0.25, 0.3) is 5.91 Å². The molecule has 0 aliphatic heterocycles. The number of aryl methyl sites for hydroxylation is 1. The number of aromatic nitrogens is 1. The molecule has 0 unspecified atom stereocenters. The molecule has 0 saturated carbocycles. The molecule has 2 heterocycles. The van der Waals surface area contributed by atoms with Crippen molar-refractivity contribution in [2.75, 3.05) is 0 Å². The van der Waals surface area contributed by atoms with Crippen LogP contribution in [0.25, 0.3) is 10.9 Å². The zero-order chi connectivity index (χ0) is 15.7. The van der Waals surface area contributed by atoms with Gasteiger partial charge in [-0.2, -0.15) is 0 Å². The number of hydrogen-bond donors (Lipinski definition) is 3. The summed E-state index contributed by atoms with van der Waals surface area (Å²) in [6, 6.07) is 9.44. The average molecular weight is 314 g/mol. The predicted molar refractivity (Wildman–Crippen MR) is 85.5 cm³/mol. The minimum atomic E-state index is -1.00. The summed E-state index contributed by atoms with van der Waals surface area (Å²) in [7, 11) is 0. The number of rotatable bonds is 4. The summed E-state index contributed by atoms with van der Waals surface area (Å²) in [6.45, 7) is 2.09. The van der Waals surface area contributed by atoms with Gasteiger partial charge >= 0.3 is 5.97 Å². The van der Waals surface area contributed by atoms with Crippen molar-refractivity contribution in [1.82, 2.24) is 10.3 Å². The Labute approximate surface area is 130 Å². The highest BCUT2D eigenvalue weighted by Crippen LogP contribution is 2.22. The zero-order valence-corrected chi connectivity index (χ0v) is 12.7. The molecule has 2 aromatic heterocycles. The van der Waals surface area contributed by atoms with Crippen LogP contribution in [0, 0.1) is 6.92 Å². The maximum atomic E-state index is 12.2. The zero-order valence-electron chi connectivity index (χ0n) is 11.8. The first-order chi connectivity index (χ1) is 10.6. The molecule has 22 heavy (non-hydrogen) atoms. The number of hydrogen-bond acceptors (Lipinski definition) is 3. The fourth-order valence-electron chi connectivity index (χ4n) is 2.37. The smallest absolute Gasteiger partial charge is 0.346 e. The number of benzene rings is 1. The minimum absolute atomic E-state index is 0.206. The van der Waals surface area contributed by atoms with Crippen LogP contribution in [0.3, 0.4) is 0 Å². The Morgan fingerprint density at radius 1 is 1.32 bits per heavy atom. The van der Waals surface area contributed by atoms with Crippen LogP contribution in [-0.4, -0.2) is 22.0 Å². The highest BCUT2D eigenvalue weighted by Gasteiger charge is 2.16. The van der Waals surface area contributed by atoms with E-state index in [0.717, 1.165) is 27.8 Å². The van der Waals surface area contributed by atoms with E-state index in [9.17, 15) is 9.59 Å². The lowest BCUT2D eigenvalue weighted by Gasteiger charge is -2.05. The summed E-state index contributed by atoms with van der Waals surface area (Å²) in [5.41, 5.74) is 2.64. The van der Waals surface area contributed by atoms with E-state index in [1.165, 1.54) is 0 Å². The van der Waals surface area contributed by atoms with Gasteiger partial charge in [0.05, 0.1) is 4.88 Å². The molecule has 3 aromatic rings. The van der Waals surface area contributed by atoms with Crippen LogP contribution in [-0.2, 0) is 6.54 Å². The van der Waals surface area contributed by atoms with Crippen molar-refractivity contribution in [3.8, 4) is 0 Å². The molecule has 3 rings (SSSR count). The van der Waals surface area contributed by atoms with Gasteiger partial charge in [-0.05, 0) is 36.2 Å². The Balaban J connectivity index is 1.76. The summed E-state index contributed by atoms with van der Waals surface area (Å²) in [4.78, 5) is 27.0. The second-order valence-corrected chi connectivity index (χ2v) is 6.02. The Morgan fingerprint density at radius 3 is 2.86 bits per heavy atom. The highest BCUT2D eigenvalue weighted by molar-refractivity contribution is 7.16. The molecule has 0 radical (unpaired) electrons. The number of thiophene rings is 1. The topological polar surface area (TPSA) is 82.2 Å². The molecular weight excluding hydrogens is 300 g/mol. The third kappa shape index (κ3) is 2.60. The molecule has 0 spiro atoms. The van der Waals surface area contributed by atoms with Crippen LogP contribution in [0.4, 0.5) is 0 Å². The highest BCUT2D eigenvalue weighted by atomic mass is 32.1. The number of carboxylic acids is 1. The van der Waals surface area contributed by atoms with Gasteiger partial charge in [-0.3, -0.25) is 4.79 Å². The summed E-state index contributed by atoms with van der Waals surface area (Å²) in [5, 5.41) is 12.9. The molecule has 0 bridgehead atoms. The van der Waals surface area contributed by atoms with E-state index in [2.05, 4.69) is 10.3 Å². The maximum Gasteiger partial charge on any atom is 0.346 e. The van der Waals surface area contributed by atoms with E-state index >= 15 is 0 Å². The van der Waals surface area contributed by atoms with Crippen molar-refractivity contribution >= 4 is 34.1 Å². The second-order valence-electron chi connectivity index (χ2n) is 4.97. The van der Waals surface area contributed by atoms with Gasteiger partial charge < -0.3 is 15.4 Å². The summed E-state index contributed by atoms with van der Waals surface area (Å²) >= 11 is 0.998. The standard InChI is InChI=1S/C16H14N2O3S/c1-9-7-13(22-14(9)16(20)21)15(19)18-8-10-3-2-4-12-11(10)5-6-17-12/h2-7,17H,8H2,1H3,(H,18,19)(H,20,21). The number of aromatic amines is 1. The van der Waals surface area contributed by atoms with Crippen LogP contribution < -0.4 is 5.32 Å². The Kier molecular flexibility index (Phi) is 3.68. The van der Waals surface area contributed by atoms with Crippen molar-refractivity contribution in [3.05, 3.63) is 57.4 Å². The Hall–Kier alpha value is -2.60. The molecular formula is C16H14N2O3S. The van der Waals surface area contributed by atoms with Crippen molar-refractivity contribution in [1.29, 1.82) is 0 Å². The van der Waals surface area contributed by atoms with Gasteiger partial charge in [0, 0.05) is 23.6 Å². The Morgan fingerprint density at radius 2 is 2.14 bits per heavy atom. The minimum Gasteiger partial charge on any atom is -0.477 e. The fourth-order valence-corrected chi connectivity index (χ4v) is 3.30. The molecule has 5 nitrogen and oxygen atoms in total. The largest absolute Gasteiger partial charge is 0.477 e. The van der Waals surface area contributed by atoms with Gasteiger partial charge in [0.15, 0.2) is 0 Å². The predicted octanol–water partition coefficient (Wildman–Crippen LogP) is 3.17. The quantitative estimate of drug-likeness (QED) is 0.692. The molecule has 112 valence electrons. The summed E-state index contributed by atoms with van der Waals surface area (Å²) in [6.07, 6.45) is 1.86. The molecule has 0 aliphatic rings. The first-order valence-electron chi connectivity index (χ1n) is 6.73. The summed E-state index contributed by atoms with van der Waals surface area (Å²) < 4.78 is 0. The number of H-pyrrole nitrogens is 1. The van der Waals surface area contributed by atoms with E-state index in [4.69, 9.17) is 5.11 Å². The third-order valence-corrected chi connectivity index (χ3v) is 4.68. The number of nitrogens with one attached hydrogen (secondary N) is 2. The maximum absolute atomic E-state index is 12.2. The van der Waals surface area contributed by atoms with Crippen molar-refractivity contribution in [2.24, 2.45) is 0 Å². The Bertz CT molecular complexity index is 863. The van der Waals surface area contributed by atoms with Crippen LogP contribution in [0.5, 0.6) is 0 Å². The van der Waals surface area contributed by atoms with E-state index in [-0.39, 0.29) is 10.8 Å². The van der Waals surface area contributed by atoms with E-state index < -0.39 is 5.97 Å². The van der Waals surface area contributed by atoms with E-state index in [1.807, 2.05) is 30.5 Å². The average Bonchev–Trinajstić information content (AvgIpc) is 3.11. The van der Waals surface area contributed by atoms with E-state index in [0.29, 0.717) is 17.0 Å². The number of fused-ring (bicyclic) bond motifs is 1. The second kappa shape index (κ2) is 5.65. The van der Waals surface area contributed by atoms with Crippen LogP contribution in [0.15, 0.2) is 36.5 Å². The molecule has 0 atom stereocenters. The first kappa shape index (κ1) is 14.3. The van der Waals surface area contributed by atoms with Gasteiger partial charge in [-0.1, -0.05) is 12.1 Å². The first-order valence-corrected chi connectivity index (χ1v) is 7.55. The third-order valence-electron chi connectivity index (χ3n) is 3.46.